The largest absolute Gasteiger partial charge is 0.390 e. The molecule has 0 saturated heterocycles. The van der Waals surface area contributed by atoms with Gasteiger partial charge in [-0.25, -0.2) is 0 Å². The predicted molar refractivity (Wildman–Crippen MR) is 166 cm³/mol. The fourth-order valence-electron chi connectivity index (χ4n) is 4.64. The first-order valence-electron chi connectivity index (χ1n) is 14.9. The van der Waals surface area contributed by atoms with Gasteiger partial charge in [-0.3, -0.25) is 0 Å². The van der Waals surface area contributed by atoms with Gasteiger partial charge in [0.2, 0.25) is 0 Å². The number of hydrogen-bond acceptors (Lipinski definition) is 3. The zero-order valence-corrected chi connectivity index (χ0v) is 24.9. The second kappa shape index (κ2) is 19.9. The Hall–Kier alpha value is -2.10. The Balaban J connectivity index is 0.00000217. The Morgan fingerprint density at radius 2 is 1.54 bits per heavy atom. The second-order valence-corrected chi connectivity index (χ2v) is 10.8. The third-order valence-corrected chi connectivity index (χ3v) is 6.71. The highest BCUT2D eigenvalue weighted by atomic mass is 14.8. The SMILES string of the molecule is CCC.CCCc1cc(/C(=C/NCC(C)C)CN)ccc1CC(CCN)CCCc1ccc(CC)cc1. The molecule has 3 nitrogen and oxygen atoms in total. The molecule has 1 unspecified atom stereocenters. The van der Waals surface area contributed by atoms with Crippen LogP contribution < -0.4 is 16.8 Å². The zero-order chi connectivity index (χ0) is 27.5. The van der Waals surface area contributed by atoms with Gasteiger partial charge in [-0.15, -0.1) is 0 Å². The Labute approximate surface area is 229 Å². The number of rotatable bonds is 16. The molecule has 0 aliphatic carbocycles. The first kappa shape index (κ1) is 32.9. The highest BCUT2D eigenvalue weighted by Gasteiger charge is 2.13. The molecular weight excluding hydrogens is 450 g/mol. The molecule has 0 spiro atoms. The third kappa shape index (κ3) is 13.3. The summed E-state index contributed by atoms with van der Waals surface area (Å²) < 4.78 is 0. The lowest BCUT2D eigenvalue weighted by atomic mass is 9.86. The summed E-state index contributed by atoms with van der Waals surface area (Å²) in [5.41, 5.74) is 20.4. The molecule has 0 radical (unpaired) electrons. The number of nitrogens with one attached hydrogen (secondary N) is 1. The van der Waals surface area contributed by atoms with Crippen molar-refractivity contribution in [3.63, 3.8) is 0 Å². The average Bonchev–Trinajstić information content (AvgIpc) is 2.88. The molecule has 1 atom stereocenters. The Morgan fingerprint density at radius 1 is 0.865 bits per heavy atom. The van der Waals surface area contributed by atoms with Crippen molar-refractivity contribution in [1.29, 1.82) is 0 Å². The molecule has 37 heavy (non-hydrogen) atoms. The highest BCUT2D eigenvalue weighted by molar-refractivity contribution is 5.67. The van der Waals surface area contributed by atoms with E-state index >= 15 is 0 Å². The van der Waals surface area contributed by atoms with Crippen LogP contribution in [0.25, 0.3) is 5.57 Å². The van der Waals surface area contributed by atoms with Gasteiger partial charge in [-0.2, -0.15) is 0 Å². The summed E-state index contributed by atoms with van der Waals surface area (Å²) in [6.45, 7) is 15.4. The van der Waals surface area contributed by atoms with Crippen LogP contribution in [0.5, 0.6) is 0 Å². The fourth-order valence-corrected chi connectivity index (χ4v) is 4.64. The van der Waals surface area contributed by atoms with Crippen LogP contribution in [0.3, 0.4) is 0 Å². The summed E-state index contributed by atoms with van der Waals surface area (Å²) in [7, 11) is 0. The molecule has 0 bridgehead atoms. The lowest BCUT2D eigenvalue weighted by molar-refractivity contribution is 0.438. The molecular formula is C34H57N3. The predicted octanol–water partition coefficient (Wildman–Crippen LogP) is 7.69. The molecule has 0 aliphatic heterocycles. The minimum Gasteiger partial charge on any atom is -0.390 e. The molecule has 0 aromatic heterocycles. The minimum atomic E-state index is 0.547. The van der Waals surface area contributed by atoms with Crippen molar-refractivity contribution in [1.82, 2.24) is 5.32 Å². The molecule has 0 aliphatic rings. The lowest BCUT2D eigenvalue weighted by Crippen LogP contribution is -2.16. The van der Waals surface area contributed by atoms with Gasteiger partial charge in [0.15, 0.2) is 0 Å². The van der Waals surface area contributed by atoms with Gasteiger partial charge in [0.1, 0.15) is 0 Å². The third-order valence-electron chi connectivity index (χ3n) is 6.71. The number of aryl methyl sites for hydroxylation is 3. The van der Waals surface area contributed by atoms with Crippen LogP contribution >= 0.6 is 0 Å². The Bertz CT molecular complexity index is 867. The van der Waals surface area contributed by atoms with E-state index in [0.717, 1.165) is 51.6 Å². The van der Waals surface area contributed by atoms with Crippen molar-refractivity contribution in [2.45, 2.75) is 99.3 Å². The normalized spacial score (nSPS) is 12.3. The number of nitrogens with two attached hydrogens (primary N) is 2. The average molecular weight is 508 g/mol. The number of benzene rings is 2. The fraction of sp³-hybridized carbons (Fsp3) is 0.588. The van der Waals surface area contributed by atoms with Gasteiger partial charge >= 0.3 is 0 Å². The van der Waals surface area contributed by atoms with Crippen LogP contribution in [0.1, 0.15) is 101 Å². The standard InChI is InChI=1S/C31H49N3.C3H8/c1-5-8-28-20-30(31(21-33)23-34-22-24(3)4)16-15-29(28)19-27(17-18-32)10-7-9-26-13-11-25(6-2)12-14-26;1-3-2/h11-16,20,23-24,27,34H,5-10,17-19,21-22,32-33H2,1-4H3;3H2,1-2H3/b31-23+;. The molecule has 2 rings (SSSR count). The summed E-state index contributed by atoms with van der Waals surface area (Å²) in [5, 5.41) is 3.44. The van der Waals surface area contributed by atoms with E-state index in [0.29, 0.717) is 18.4 Å². The Kier molecular flexibility index (Phi) is 17.7. The van der Waals surface area contributed by atoms with E-state index < -0.39 is 0 Å². The van der Waals surface area contributed by atoms with Crippen LogP contribution in [0.4, 0.5) is 0 Å². The van der Waals surface area contributed by atoms with Gasteiger partial charge in [0, 0.05) is 19.3 Å². The van der Waals surface area contributed by atoms with Gasteiger partial charge in [0.05, 0.1) is 0 Å². The molecule has 0 heterocycles. The van der Waals surface area contributed by atoms with Gasteiger partial charge in [-0.1, -0.05) is 96.8 Å². The smallest absolute Gasteiger partial charge is 0.0198 e. The van der Waals surface area contributed by atoms with Crippen LogP contribution in [-0.2, 0) is 25.7 Å². The van der Waals surface area contributed by atoms with Gasteiger partial charge in [-0.05, 0) is 96.7 Å². The van der Waals surface area contributed by atoms with Crippen LogP contribution in [0.2, 0.25) is 0 Å². The van der Waals surface area contributed by atoms with E-state index in [2.05, 4.69) is 95.5 Å². The summed E-state index contributed by atoms with van der Waals surface area (Å²) in [6.07, 6.45) is 12.5. The van der Waals surface area contributed by atoms with Gasteiger partial charge in [0.25, 0.3) is 0 Å². The van der Waals surface area contributed by atoms with E-state index in [1.807, 2.05) is 0 Å². The molecule has 0 saturated carbocycles. The highest BCUT2D eigenvalue weighted by Crippen LogP contribution is 2.25. The quantitative estimate of drug-likeness (QED) is 0.218. The number of hydrogen-bond donors (Lipinski definition) is 3. The Morgan fingerprint density at radius 3 is 2.11 bits per heavy atom. The minimum absolute atomic E-state index is 0.547. The lowest BCUT2D eigenvalue weighted by Gasteiger charge is -2.20. The summed E-state index contributed by atoms with van der Waals surface area (Å²) >= 11 is 0. The summed E-state index contributed by atoms with van der Waals surface area (Å²) in [4.78, 5) is 0. The summed E-state index contributed by atoms with van der Waals surface area (Å²) in [5.74, 6) is 1.25. The van der Waals surface area contributed by atoms with E-state index in [1.165, 1.54) is 52.7 Å². The molecule has 5 N–H and O–H groups in total. The molecule has 2 aromatic rings. The zero-order valence-electron chi connectivity index (χ0n) is 24.9. The van der Waals surface area contributed by atoms with E-state index in [4.69, 9.17) is 11.5 Å². The molecule has 0 fully saturated rings. The monoisotopic (exact) mass is 507 g/mol. The van der Waals surface area contributed by atoms with Crippen molar-refractivity contribution in [3.8, 4) is 0 Å². The first-order chi connectivity index (χ1) is 17.9. The van der Waals surface area contributed by atoms with E-state index in [9.17, 15) is 0 Å². The molecule has 208 valence electrons. The first-order valence-corrected chi connectivity index (χ1v) is 14.9. The maximum Gasteiger partial charge on any atom is 0.0198 e. The van der Waals surface area contributed by atoms with E-state index in [1.54, 1.807) is 0 Å². The van der Waals surface area contributed by atoms with Crippen LogP contribution in [-0.4, -0.2) is 19.6 Å². The molecule has 3 heteroatoms. The van der Waals surface area contributed by atoms with E-state index in [-0.39, 0.29) is 0 Å². The van der Waals surface area contributed by atoms with Crippen molar-refractivity contribution in [3.05, 3.63) is 76.5 Å². The summed E-state index contributed by atoms with van der Waals surface area (Å²) in [6, 6.07) is 16.1. The van der Waals surface area contributed by atoms with Crippen LogP contribution in [0.15, 0.2) is 48.7 Å². The van der Waals surface area contributed by atoms with Crippen molar-refractivity contribution >= 4 is 5.57 Å². The molecule has 0 amide bonds. The van der Waals surface area contributed by atoms with Crippen molar-refractivity contribution in [2.24, 2.45) is 23.3 Å². The topological polar surface area (TPSA) is 64.1 Å². The van der Waals surface area contributed by atoms with Gasteiger partial charge < -0.3 is 16.8 Å². The molecule has 2 aromatic carbocycles. The maximum absolute atomic E-state index is 6.10. The van der Waals surface area contributed by atoms with Crippen molar-refractivity contribution in [2.75, 3.05) is 19.6 Å². The maximum atomic E-state index is 6.10. The van der Waals surface area contributed by atoms with Crippen molar-refractivity contribution < 1.29 is 0 Å². The second-order valence-electron chi connectivity index (χ2n) is 10.8. The van der Waals surface area contributed by atoms with Crippen LogP contribution in [0, 0.1) is 11.8 Å².